The molecule has 0 bridgehead atoms. The number of ether oxygens (including phenoxy) is 1. The molecule has 0 radical (unpaired) electrons. The van der Waals surface area contributed by atoms with E-state index in [0.29, 0.717) is 12.5 Å². The molecule has 2 atom stereocenters. The van der Waals surface area contributed by atoms with Gasteiger partial charge in [-0.1, -0.05) is 22.9 Å². The average Bonchev–Trinajstić information content (AvgIpc) is 2.72. The molecule has 1 saturated heterocycles. The van der Waals surface area contributed by atoms with Crippen LogP contribution in [-0.4, -0.2) is 18.6 Å². The van der Waals surface area contributed by atoms with E-state index >= 15 is 0 Å². The van der Waals surface area contributed by atoms with Crippen LogP contribution in [0.4, 0.5) is 5.69 Å². The zero-order valence-electron chi connectivity index (χ0n) is 10.9. The van der Waals surface area contributed by atoms with Crippen LogP contribution in [0.25, 0.3) is 0 Å². The van der Waals surface area contributed by atoms with Gasteiger partial charge in [-0.3, -0.25) is 4.79 Å². The number of benzene rings is 1. The van der Waals surface area contributed by atoms with Gasteiger partial charge in [0.2, 0.25) is 0 Å². The molecule has 0 spiro atoms. The van der Waals surface area contributed by atoms with E-state index in [1.165, 1.54) is 0 Å². The molecule has 1 N–H and O–H groups in total. The second-order valence-electron chi connectivity index (χ2n) is 4.97. The van der Waals surface area contributed by atoms with Crippen LogP contribution < -0.4 is 5.32 Å². The normalized spacial score (nSPS) is 23.1. The highest BCUT2D eigenvalue weighted by Crippen LogP contribution is 2.26. The molecule has 1 aromatic carbocycles. The van der Waals surface area contributed by atoms with Crippen molar-refractivity contribution in [2.24, 2.45) is 5.92 Å². The monoisotopic (exact) mass is 311 g/mol. The van der Waals surface area contributed by atoms with Crippen molar-refractivity contribution in [1.82, 2.24) is 0 Å². The van der Waals surface area contributed by atoms with Gasteiger partial charge in [0.15, 0.2) is 0 Å². The Hall–Kier alpha value is -0.870. The first-order chi connectivity index (χ1) is 8.49. The van der Waals surface area contributed by atoms with Gasteiger partial charge in [0.1, 0.15) is 6.10 Å². The van der Waals surface area contributed by atoms with Crippen LogP contribution in [0.5, 0.6) is 0 Å². The molecule has 98 valence electrons. The number of aryl methyl sites for hydroxylation is 2. The Labute approximate surface area is 116 Å². The molecule has 4 heteroatoms. The van der Waals surface area contributed by atoms with E-state index in [2.05, 4.69) is 28.2 Å². The summed E-state index contributed by atoms with van der Waals surface area (Å²) in [5.74, 6) is 0.253. The SMILES string of the molecule is Cc1cc(NC(=O)C2OCCC2C)cc(C)c1Br. The van der Waals surface area contributed by atoms with E-state index in [0.717, 1.165) is 27.7 Å². The number of anilines is 1. The summed E-state index contributed by atoms with van der Waals surface area (Å²) in [5, 5.41) is 2.94. The Kier molecular flexibility index (Phi) is 4.07. The van der Waals surface area contributed by atoms with E-state index in [1.54, 1.807) is 0 Å². The third-order valence-corrected chi connectivity index (χ3v) is 4.60. The molecular formula is C14H18BrNO2. The highest BCUT2D eigenvalue weighted by molar-refractivity contribution is 9.10. The Balaban J connectivity index is 2.12. The predicted molar refractivity (Wildman–Crippen MR) is 75.8 cm³/mol. The first-order valence-electron chi connectivity index (χ1n) is 6.18. The Morgan fingerprint density at radius 1 is 1.39 bits per heavy atom. The quantitative estimate of drug-likeness (QED) is 0.908. The molecule has 1 aliphatic rings. The fourth-order valence-electron chi connectivity index (χ4n) is 2.26. The minimum atomic E-state index is -0.311. The summed E-state index contributed by atoms with van der Waals surface area (Å²) in [7, 11) is 0. The van der Waals surface area contributed by atoms with Crippen molar-refractivity contribution >= 4 is 27.5 Å². The summed E-state index contributed by atoms with van der Waals surface area (Å²) in [6.45, 7) is 6.76. The Bertz CT molecular complexity index is 450. The molecule has 18 heavy (non-hydrogen) atoms. The van der Waals surface area contributed by atoms with Crippen molar-refractivity contribution in [3.8, 4) is 0 Å². The van der Waals surface area contributed by atoms with Crippen molar-refractivity contribution in [2.75, 3.05) is 11.9 Å². The topological polar surface area (TPSA) is 38.3 Å². The number of carbonyl (C=O) groups excluding carboxylic acids is 1. The van der Waals surface area contributed by atoms with E-state index in [-0.39, 0.29) is 12.0 Å². The van der Waals surface area contributed by atoms with Crippen LogP contribution in [0.1, 0.15) is 24.5 Å². The van der Waals surface area contributed by atoms with Gasteiger partial charge in [-0.2, -0.15) is 0 Å². The number of carbonyl (C=O) groups is 1. The zero-order chi connectivity index (χ0) is 13.3. The molecule has 1 aromatic rings. The van der Waals surface area contributed by atoms with Crippen LogP contribution in [0.2, 0.25) is 0 Å². The molecule has 0 aliphatic carbocycles. The maximum absolute atomic E-state index is 12.1. The zero-order valence-corrected chi connectivity index (χ0v) is 12.5. The molecule has 2 rings (SSSR count). The van der Waals surface area contributed by atoms with Gasteiger partial charge in [-0.15, -0.1) is 0 Å². The molecule has 1 amide bonds. The van der Waals surface area contributed by atoms with Crippen molar-refractivity contribution in [2.45, 2.75) is 33.3 Å². The van der Waals surface area contributed by atoms with E-state index in [9.17, 15) is 4.79 Å². The fraction of sp³-hybridized carbons (Fsp3) is 0.500. The van der Waals surface area contributed by atoms with Crippen LogP contribution in [-0.2, 0) is 9.53 Å². The maximum Gasteiger partial charge on any atom is 0.253 e. The summed E-state index contributed by atoms with van der Waals surface area (Å²) in [4.78, 5) is 12.1. The second kappa shape index (κ2) is 5.41. The number of hydrogen-bond donors (Lipinski definition) is 1. The van der Waals surface area contributed by atoms with E-state index in [4.69, 9.17) is 4.74 Å². The van der Waals surface area contributed by atoms with Crippen molar-refractivity contribution in [3.63, 3.8) is 0 Å². The van der Waals surface area contributed by atoms with Gasteiger partial charge >= 0.3 is 0 Å². The molecule has 0 aromatic heterocycles. The van der Waals surface area contributed by atoms with Gasteiger partial charge in [0.25, 0.3) is 5.91 Å². The first kappa shape index (κ1) is 13.6. The third-order valence-electron chi connectivity index (χ3n) is 3.35. The maximum atomic E-state index is 12.1. The molecule has 1 aliphatic heterocycles. The largest absolute Gasteiger partial charge is 0.368 e. The molecule has 1 fully saturated rings. The van der Waals surface area contributed by atoms with Gasteiger partial charge in [0, 0.05) is 16.8 Å². The standard InChI is InChI=1S/C14H18BrNO2/c1-8-4-5-18-13(8)14(17)16-11-6-9(2)12(15)10(3)7-11/h6-8,13H,4-5H2,1-3H3,(H,16,17). The number of halogens is 1. The number of hydrogen-bond acceptors (Lipinski definition) is 2. The molecule has 3 nitrogen and oxygen atoms in total. The highest BCUT2D eigenvalue weighted by atomic mass is 79.9. The number of nitrogens with one attached hydrogen (secondary N) is 1. The molecular weight excluding hydrogens is 294 g/mol. The lowest BCUT2D eigenvalue weighted by molar-refractivity contribution is -0.126. The van der Waals surface area contributed by atoms with Gasteiger partial charge < -0.3 is 10.1 Å². The molecule has 0 saturated carbocycles. The van der Waals surface area contributed by atoms with Crippen LogP contribution in [0.3, 0.4) is 0 Å². The summed E-state index contributed by atoms with van der Waals surface area (Å²) < 4.78 is 6.55. The minimum Gasteiger partial charge on any atom is -0.368 e. The summed E-state index contributed by atoms with van der Waals surface area (Å²) >= 11 is 3.52. The lowest BCUT2D eigenvalue weighted by Crippen LogP contribution is -2.31. The Morgan fingerprint density at radius 2 is 2.00 bits per heavy atom. The average molecular weight is 312 g/mol. The third kappa shape index (κ3) is 2.75. The van der Waals surface area contributed by atoms with E-state index < -0.39 is 0 Å². The second-order valence-corrected chi connectivity index (χ2v) is 5.76. The van der Waals surface area contributed by atoms with Crippen LogP contribution >= 0.6 is 15.9 Å². The van der Waals surface area contributed by atoms with Gasteiger partial charge in [0.05, 0.1) is 0 Å². The number of amides is 1. The van der Waals surface area contributed by atoms with Crippen molar-refractivity contribution in [1.29, 1.82) is 0 Å². The molecule has 2 unspecified atom stereocenters. The van der Waals surface area contributed by atoms with Gasteiger partial charge in [-0.05, 0) is 49.4 Å². The Morgan fingerprint density at radius 3 is 2.50 bits per heavy atom. The van der Waals surface area contributed by atoms with Crippen LogP contribution in [0.15, 0.2) is 16.6 Å². The van der Waals surface area contributed by atoms with E-state index in [1.807, 2.05) is 26.0 Å². The fourth-order valence-corrected chi connectivity index (χ4v) is 2.49. The predicted octanol–water partition coefficient (Wildman–Crippen LogP) is 3.43. The smallest absolute Gasteiger partial charge is 0.253 e. The summed E-state index contributed by atoms with van der Waals surface area (Å²) in [6, 6.07) is 3.93. The summed E-state index contributed by atoms with van der Waals surface area (Å²) in [6.07, 6.45) is 0.644. The summed E-state index contributed by atoms with van der Waals surface area (Å²) in [5.41, 5.74) is 3.07. The minimum absolute atomic E-state index is 0.0406. The van der Waals surface area contributed by atoms with Crippen molar-refractivity contribution < 1.29 is 9.53 Å². The van der Waals surface area contributed by atoms with Crippen molar-refractivity contribution in [3.05, 3.63) is 27.7 Å². The number of rotatable bonds is 2. The lowest BCUT2D eigenvalue weighted by Gasteiger charge is -2.15. The van der Waals surface area contributed by atoms with Gasteiger partial charge in [-0.25, -0.2) is 0 Å². The first-order valence-corrected chi connectivity index (χ1v) is 6.97. The molecule has 1 heterocycles. The van der Waals surface area contributed by atoms with Crippen LogP contribution in [0, 0.1) is 19.8 Å². The highest BCUT2D eigenvalue weighted by Gasteiger charge is 2.30. The lowest BCUT2D eigenvalue weighted by atomic mass is 10.0.